The number of hydrogen-bond donors (Lipinski definition) is 0. The Balaban J connectivity index is 1.49. The quantitative estimate of drug-likeness (QED) is 0.834. The summed E-state index contributed by atoms with van der Waals surface area (Å²) in [6.45, 7) is 3.05. The summed E-state index contributed by atoms with van der Waals surface area (Å²) in [5.74, 6) is -2.37. The first-order chi connectivity index (χ1) is 9.44. The number of piperidine rings is 1. The first-order valence-corrected chi connectivity index (χ1v) is 8.00. The SMILES string of the molecule is Cc1ccsc1CCC(=O)N1CCC2(CC1)CC2(F)F. The molecule has 2 heterocycles. The molecule has 2 fully saturated rings. The minimum absolute atomic E-state index is 0.0242. The highest BCUT2D eigenvalue weighted by Crippen LogP contribution is 2.65. The fourth-order valence-electron chi connectivity index (χ4n) is 3.15. The third-order valence-electron chi connectivity index (χ3n) is 4.82. The van der Waals surface area contributed by atoms with Gasteiger partial charge in [0.15, 0.2) is 0 Å². The molecule has 3 rings (SSSR count). The molecular formula is C15H19F2NOS. The second kappa shape index (κ2) is 4.79. The number of nitrogens with zero attached hydrogens (tertiary/aromatic N) is 1. The second-order valence-electron chi connectivity index (χ2n) is 6.07. The van der Waals surface area contributed by atoms with E-state index in [1.807, 2.05) is 5.38 Å². The van der Waals surface area contributed by atoms with Crippen molar-refractivity contribution in [3.8, 4) is 0 Å². The molecule has 0 bridgehead atoms. The summed E-state index contributed by atoms with van der Waals surface area (Å²) in [6, 6.07) is 2.06. The number of alkyl halides is 2. The van der Waals surface area contributed by atoms with Crippen molar-refractivity contribution in [1.29, 1.82) is 0 Å². The van der Waals surface area contributed by atoms with Crippen molar-refractivity contribution in [3.63, 3.8) is 0 Å². The lowest BCUT2D eigenvalue weighted by atomic mass is 9.92. The van der Waals surface area contributed by atoms with Gasteiger partial charge in [0.25, 0.3) is 5.92 Å². The van der Waals surface area contributed by atoms with E-state index in [9.17, 15) is 13.6 Å². The summed E-state index contributed by atoms with van der Waals surface area (Å²) < 4.78 is 26.6. The molecule has 1 saturated heterocycles. The Morgan fingerprint density at radius 1 is 1.40 bits per heavy atom. The van der Waals surface area contributed by atoms with Gasteiger partial charge in [-0.1, -0.05) is 0 Å². The van der Waals surface area contributed by atoms with E-state index in [2.05, 4.69) is 13.0 Å². The van der Waals surface area contributed by atoms with Crippen molar-refractivity contribution < 1.29 is 13.6 Å². The van der Waals surface area contributed by atoms with Gasteiger partial charge < -0.3 is 4.90 Å². The topological polar surface area (TPSA) is 20.3 Å². The summed E-state index contributed by atoms with van der Waals surface area (Å²) in [7, 11) is 0. The van der Waals surface area contributed by atoms with Gasteiger partial charge in [0.1, 0.15) is 0 Å². The van der Waals surface area contributed by atoms with Gasteiger partial charge in [-0.05, 0) is 43.2 Å². The van der Waals surface area contributed by atoms with Crippen LogP contribution in [0.25, 0.3) is 0 Å². The molecule has 5 heteroatoms. The van der Waals surface area contributed by atoms with Crippen LogP contribution in [0.3, 0.4) is 0 Å². The Labute approximate surface area is 121 Å². The molecule has 1 spiro atoms. The second-order valence-corrected chi connectivity index (χ2v) is 7.07. The lowest BCUT2D eigenvalue weighted by Crippen LogP contribution is -2.40. The smallest absolute Gasteiger partial charge is 0.254 e. The molecule has 0 aromatic carbocycles. The van der Waals surface area contributed by atoms with Crippen LogP contribution in [-0.2, 0) is 11.2 Å². The summed E-state index contributed by atoms with van der Waals surface area (Å²) >= 11 is 1.68. The van der Waals surface area contributed by atoms with Gasteiger partial charge in [-0.2, -0.15) is 0 Å². The van der Waals surface area contributed by atoms with E-state index >= 15 is 0 Å². The molecule has 0 N–H and O–H groups in total. The lowest BCUT2D eigenvalue weighted by Gasteiger charge is -2.32. The maximum absolute atomic E-state index is 13.3. The number of amides is 1. The van der Waals surface area contributed by atoms with Gasteiger partial charge in [0.2, 0.25) is 5.91 Å². The molecule has 1 aliphatic carbocycles. The highest BCUT2D eigenvalue weighted by molar-refractivity contribution is 7.10. The van der Waals surface area contributed by atoms with Crippen LogP contribution in [0, 0.1) is 12.3 Å². The Morgan fingerprint density at radius 3 is 2.55 bits per heavy atom. The third kappa shape index (κ3) is 2.36. The molecule has 110 valence electrons. The summed E-state index contributed by atoms with van der Waals surface area (Å²) in [5.41, 5.74) is 0.465. The number of carbonyl (C=O) groups is 1. The first-order valence-electron chi connectivity index (χ1n) is 7.12. The fourth-order valence-corrected chi connectivity index (χ4v) is 4.06. The van der Waals surface area contributed by atoms with Crippen LogP contribution in [0.1, 0.15) is 36.1 Å². The number of likely N-dealkylation sites (tertiary alicyclic amines) is 1. The number of rotatable bonds is 3. The highest BCUT2D eigenvalue weighted by atomic mass is 32.1. The maximum atomic E-state index is 13.3. The van der Waals surface area contributed by atoms with E-state index < -0.39 is 11.3 Å². The van der Waals surface area contributed by atoms with Gasteiger partial charge in [-0.25, -0.2) is 8.78 Å². The molecule has 2 aliphatic rings. The Morgan fingerprint density at radius 2 is 2.05 bits per heavy atom. The first kappa shape index (κ1) is 14.0. The zero-order chi connectivity index (χ0) is 14.4. The zero-order valence-electron chi connectivity index (χ0n) is 11.6. The van der Waals surface area contributed by atoms with E-state index in [0.717, 1.165) is 6.42 Å². The molecule has 0 atom stereocenters. The van der Waals surface area contributed by atoms with Crippen LogP contribution in [0.15, 0.2) is 11.4 Å². The van der Waals surface area contributed by atoms with E-state index in [-0.39, 0.29) is 12.3 Å². The molecule has 20 heavy (non-hydrogen) atoms. The van der Waals surface area contributed by atoms with E-state index in [0.29, 0.717) is 32.4 Å². The van der Waals surface area contributed by atoms with Crippen LogP contribution < -0.4 is 0 Å². The largest absolute Gasteiger partial charge is 0.343 e. The monoisotopic (exact) mass is 299 g/mol. The summed E-state index contributed by atoms with van der Waals surface area (Å²) in [6.07, 6.45) is 2.20. The van der Waals surface area contributed by atoms with Crippen LogP contribution >= 0.6 is 11.3 Å². The summed E-state index contributed by atoms with van der Waals surface area (Å²) in [5, 5.41) is 2.04. The van der Waals surface area contributed by atoms with Gasteiger partial charge in [0.05, 0.1) is 0 Å². The number of aryl methyl sites for hydroxylation is 2. The van der Waals surface area contributed by atoms with Gasteiger partial charge in [-0.15, -0.1) is 11.3 Å². The maximum Gasteiger partial charge on any atom is 0.254 e. The predicted molar refractivity (Wildman–Crippen MR) is 75.2 cm³/mol. The zero-order valence-corrected chi connectivity index (χ0v) is 12.4. The molecule has 1 aromatic rings. The minimum Gasteiger partial charge on any atom is -0.343 e. The fraction of sp³-hybridized carbons (Fsp3) is 0.667. The predicted octanol–water partition coefficient (Wildman–Crippen LogP) is 3.64. The van der Waals surface area contributed by atoms with Crippen LogP contribution in [0.4, 0.5) is 8.78 Å². The average molecular weight is 299 g/mol. The van der Waals surface area contributed by atoms with Crippen molar-refractivity contribution in [2.45, 2.75) is 45.0 Å². The molecular weight excluding hydrogens is 280 g/mol. The van der Waals surface area contributed by atoms with E-state index in [1.54, 1.807) is 16.2 Å². The highest BCUT2D eigenvalue weighted by Gasteiger charge is 2.70. The normalized spacial score (nSPS) is 23.1. The number of hydrogen-bond acceptors (Lipinski definition) is 2. The molecule has 2 nitrogen and oxygen atoms in total. The average Bonchev–Trinajstić information content (AvgIpc) is 2.73. The van der Waals surface area contributed by atoms with Gasteiger partial charge in [-0.3, -0.25) is 4.79 Å². The molecule has 1 aromatic heterocycles. The molecule has 1 aliphatic heterocycles. The van der Waals surface area contributed by atoms with E-state index in [4.69, 9.17) is 0 Å². The third-order valence-corrected chi connectivity index (χ3v) is 5.90. The molecule has 0 radical (unpaired) electrons. The van der Waals surface area contributed by atoms with Crippen LogP contribution in [0.2, 0.25) is 0 Å². The van der Waals surface area contributed by atoms with Crippen molar-refractivity contribution in [3.05, 3.63) is 21.9 Å². The molecule has 1 amide bonds. The number of halogens is 2. The number of carbonyl (C=O) groups excluding carboxylic acids is 1. The minimum atomic E-state index is -2.48. The molecule has 0 unspecified atom stereocenters. The van der Waals surface area contributed by atoms with E-state index in [1.165, 1.54) is 10.4 Å². The summed E-state index contributed by atoms with van der Waals surface area (Å²) in [4.78, 5) is 15.2. The Bertz CT molecular complexity index is 518. The lowest BCUT2D eigenvalue weighted by molar-refractivity contribution is -0.133. The Hall–Kier alpha value is -0.970. The van der Waals surface area contributed by atoms with Crippen molar-refractivity contribution >= 4 is 17.2 Å². The standard InChI is InChI=1S/C15H19F2NOS/c1-11-4-9-20-12(11)2-3-13(19)18-7-5-14(6-8-18)10-15(14,16)17/h4,9H,2-3,5-8,10H2,1H3. The number of thiophene rings is 1. The van der Waals surface area contributed by atoms with Crippen LogP contribution in [0.5, 0.6) is 0 Å². The van der Waals surface area contributed by atoms with Gasteiger partial charge >= 0.3 is 0 Å². The van der Waals surface area contributed by atoms with Crippen molar-refractivity contribution in [1.82, 2.24) is 4.90 Å². The van der Waals surface area contributed by atoms with Gasteiger partial charge in [0, 0.05) is 36.2 Å². The van der Waals surface area contributed by atoms with Crippen molar-refractivity contribution in [2.75, 3.05) is 13.1 Å². The van der Waals surface area contributed by atoms with Crippen LogP contribution in [-0.4, -0.2) is 29.8 Å². The Kier molecular flexibility index (Phi) is 3.35. The molecule has 1 saturated carbocycles. The van der Waals surface area contributed by atoms with Crippen molar-refractivity contribution in [2.24, 2.45) is 5.41 Å².